The zero-order valence-electron chi connectivity index (χ0n) is 6.04. The molecule has 1 heterocycles. The first-order chi connectivity index (χ1) is 5.15. The van der Waals surface area contributed by atoms with Crippen LogP contribution < -0.4 is 5.43 Å². The Morgan fingerprint density at radius 3 is 3.00 bits per heavy atom. The highest BCUT2D eigenvalue weighted by molar-refractivity contribution is 9.10. The lowest BCUT2D eigenvalue weighted by Crippen LogP contribution is -2.12. The van der Waals surface area contributed by atoms with Gasteiger partial charge in [0.25, 0.3) is 0 Å². The molecule has 1 aromatic rings. The van der Waals surface area contributed by atoms with E-state index >= 15 is 0 Å². The van der Waals surface area contributed by atoms with E-state index in [9.17, 15) is 4.79 Å². The Kier molecular flexibility index (Phi) is 2.24. The van der Waals surface area contributed by atoms with Crippen molar-refractivity contribution in [3.05, 3.63) is 33.2 Å². The molecule has 0 saturated heterocycles. The molecular weight excluding hydrogens is 208 g/mol. The normalized spacial score (nSPS) is 9.64. The Balaban J connectivity index is 3.44. The van der Waals surface area contributed by atoms with E-state index < -0.39 is 0 Å². The second-order valence-corrected chi connectivity index (χ2v) is 2.80. The predicted molar refractivity (Wildman–Crippen MR) is 47.3 cm³/mol. The van der Waals surface area contributed by atoms with E-state index in [4.69, 9.17) is 0 Å². The summed E-state index contributed by atoms with van der Waals surface area (Å²) in [7, 11) is 1.75. The molecule has 11 heavy (non-hydrogen) atoms. The number of aryl methyl sites for hydroxylation is 1. The third-order valence-corrected chi connectivity index (χ3v) is 1.85. The summed E-state index contributed by atoms with van der Waals surface area (Å²) in [5, 5.41) is 3.89. The first-order valence-corrected chi connectivity index (χ1v) is 3.80. The molecule has 1 aromatic heterocycles. The Bertz CT molecular complexity index is 343. The summed E-state index contributed by atoms with van der Waals surface area (Å²) in [5.74, 6) is 0. The number of halogens is 1. The molecule has 0 atom stereocenters. The van der Waals surface area contributed by atoms with Crippen LogP contribution >= 0.6 is 15.9 Å². The molecule has 4 heteroatoms. The van der Waals surface area contributed by atoms with Gasteiger partial charge in [-0.25, -0.2) is 0 Å². The van der Waals surface area contributed by atoms with Crippen LogP contribution in [-0.2, 0) is 7.05 Å². The van der Waals surface area contributed by atoms with Gasteiger partial charge >= 0.3 is 0 Å². The van der Waals surface area contributed by atoms with Gasteiger partial charge in [-0.05, 0) is 22.0 Å². The number of rotatable bonds is 1. The monoisotopic (exact) mass is 214 g/mol. The number of nitrogens with zero attached hydrogens (tertiary/aromatic N) is 2. The molecule has 0 N–H and O–H groups in total. The second-order valence-electron chi connectivity index (χ2n) is 2.05. The van der Waals surface area contributed by atoms with Gasteiger partial charge in [-0.3, -0.25) is 9.48 Å². The average Bonchev–Trinajstić information content (AvgIpc) is 1.97. The van der Waals surface area contributed by atoms with E-state index in [2.05, 4.69) is 27.6 Å². The molecule has 3 nitrogen and oxygen atoms in total. The van der Waals surface area contributed by atoms with Crippen molar-refractivity contribution in [3.8, 4) is 0 Å². The van der Waals surface area contributed by atoms with E-state index in [-0.39, 0.29) is 5.43 Å². The summed E-state index contributed by atoms with van der Waals surface area (Å²) in [5.41, 5.74) is 0.580. The fraction of sp³-hybridized carbons (Fsp3) is 0.143. The third-order valence-electron chi connectivity index (χ3n) is 1.30. The van der Waals surface area contributed by atoms with Crippen LogP contribution in [0.3, 0.4) is 0 Å². The van der Waals surface area contributed by atoms with Gasteiger partial charge in [0.15, 0.2) is 4.60 Å². The molecule has 0 bridgehead atoms. The maximum Gasteiger partial charge on any atom is 0.215 e. The Morgan fingerprint density at radius 2 is 2.45 bits per heavy atom. The van der Waals surface area contributed by atoms with Gasteiger partial charge in [-0.2, -0.15) is 5.10 Å². The molecule has 0 radical (unpaired) electrons. The van der Waals surface area contributed by atoms with Crippen LogP contribution in [-0.4, -0.2) is 9.78 Å². The van der Waals surface area contributed by atoms with Crippen LogP contribution in [0.25, 0.3) is 6.08 Å². The van der Waals surface area contributed by atoms with Gasteiger partial charge in [0.1, 0.15) is 0 Å². The number of hydrogen-bond donors (Lipinski definition) is 0. The van der Waals surface area contributed by atoms with E-state index in [1.54, 1.807) is 17.8 Å². The number of hydrogen-bond acceptors (Lipinski definition) is 2. The summed E-state index contributed by atoms with van der Waals surface area (Å²) >= 11 is 3.03. The first kappa shape index (κ1) is 8.20. The zero-order chi connectivity index (χ0) is 8.43. The topological polar surface area (TPSA) is 34.9 Å². The Hall–Kier alpha value is -0.900. The van der Waals surface area contributed by atoms with Crippen LogP contribution in [0.5, 0.6) is 0 Å². The van der Waals surface area contributed by atoms with Crippen molar-refractivity contribution in [1.29, 1.82) is 0 Å². The quantitative estimate of drug-likeness (QED) is 0.705. The summed E-state index contributed by atoms with van der Waals surface area (Å²) in [4.78, 5) is 11.0. The SMILES string of the molecule is C=Cc1cc(=O)c(Br)nn1C. The number of aromatic nitrogens is 2. The van der Waals surface area contributed by atoms with Gasteiger partial charge in [0, 0.05) is 13.1 Å². The molecule has 0 fully saturated rings. The van der Waals surface area contributed by atoms with Gasteiger partial charge in [0.2, 0.25) is 5.43 Å². The minimum Gasteiger partial charge on any atom is -0.287 e. The minimum absolute atomic E-state index is 0.127. The molecule has 0 unspecified atom stereocenters. The third kappa shape index (κ3) is 1.57. The maximum absolute atomic E-state index is 11.0. The smallest absolute Gasteiger partial charge is 0.215 e. The second kappa shape index (κ2) is 3.00. The van der Waals surface area contributed by atoms with Crippen molar-refractivity contribution < 1.29 is 0 Å². The van der Waals surface area contributed by atoms with E-state index in [1.165, 1.54) is 6.07 Å². The van der Waals surface area contributed by atoms with Crippen molar-refractivity contribution >= 4 is 22.0 Å². The molecule has 0 aliphatic carbocycles. The molecule has 0 aliphatic rings. The molecule has 1 rings (SSSR count). The largest absolute Gasteiger partial charge is 0.287 e. The summed E-state index contributed by atoms with van der Waals surface area (Å²) < 4.78 is 1.91. The Labute approximate surface area is 72.5 Å². The van der Waals surface area contributed by atoms with Gasteiger partial charge < -0.3 is 0 Å². The standard InChI is InChI=1S/C7H7BrN2O/c1-3-5-4-6(11)7(8)9-10(5)2/h3-4H,1H2,2H3. The summed E-state index contributed by atoms with van der Waals surface area (Å²) in [6, 6.07) is 1.48. The lowest BCUT2D eigenvalue weighted by molar-refractivity contribution is 0.714. The van der Waals surface area contributed by atoms with Gasteiger partial charge in [-0.1, -0.05) is 6.58 Å². The predicted octanol–water partition coefficient (Wildman–Crippen LogP) is 1.19. The van der Waals surface area contributed by atoms with Crippen molar-refractivity contribution in [2.45, 2.75) is 0 Å². The molecule has 0 aliphatic heterocycles. The molecule has 0 spiro atoms. The van der Waals surface area contributed by atoms with Crippen molar-refractivity contribution in [2.24, 2.45) is 7.05 Å². The molecular formula is C7H7BrN2O. The maximum atomic E-state index is 11.0. The van der Waals surface area contributed by atoms with Crippen LogP contribution in [0.15, 0.2) is 22.0 Å². The van der Waals surface area contributed by atoms with Gasteiger partial charge in [0.05, 0.1) is 5.69 Å². The van der Waals surface area contributed by atoms with E-state index in [0.29, 0.717) is 10.3 Å². The van der Waals surface area contributed by atoms with Crippen LogP contribution in [0.2, 0.25) is 0 Å². The average molecular weight is 215 g/mol. The zero-order valence-corrected chi connectivity index (χ0v) is 7.63. The fourth-order valence-corrected chi connectivity index (χ4v) is 1.07. The molecule has 0 aromatic carbocycles. The van der Waals surface area contributed by atoms with Crippen molar-refractivity contribution in [2.75, 3.05) is 0 Å². The highest BCUT2D eigenvalue weighted by atomic mass is 79.9. The van der Waals surface area contributed by atoms with Crippen molar-refractivity contribution in [1.82, 2.24) is 9.78 Å². The first-order valence-electron chi connectivity index (χ1n) is 3.01. The summed E-state index contributed by atoms with van der Waals surface area (Å²) in [6.45, 7) is 3.55. The van der Waals surface area contributed by atoms with Crippen LogP contribution in [0.1, 0.15) is 5.69 Å². The molecule has 58 valence electrons. The van der Waals surface area contributed by atoms with Crippen LogP contribution in [0.4, 0.5) is 0 Å². The fourth-order valence-electron chi connectivity index (χ4n) is 0.717. The highest BCUT2D eigenvalue weighted by Gasteiger charge is 1.98. The minimum atomic E-state index is -0.127. The van der Waals surface area contributed by atoms with Crippen molar-refractivity contribution in [3.63, 3.8) is 0 Å². The van der Waals surface area contributed by atoms with Gasteiger partial charge in [-0.15, -0.1) is 0 Å². The Morgan fingerprint density at radius 1 is 1.82 bits per heavy atom. The lowest BCUT2D eigenvalue weighted by atomic mass is 10.4. The molecule has 0 saturated carbocycles. The van der Waals surface area contributed by atoms with Crippen LogP contribution in [0, 0.1) is 0 Å². The lowest BCUT2D eigenvalue weighted by Gasteiger charge is -2.01. The summed E-state index contributed by atoms with van der Waals surface area (Å²) in [6.07, 6.45) is 1.58. The highest BCUT2D eigenvalue weighted by Crippen LogP contribution is 2.00. The molecule has 0 amide bonds. The van der Waals surface area contributed by atoms with E-state index in [1.807, 2.05) is 0 Å². The van der Waals surface area contributed by atoms with E-state index in [0.717, 1.165) is 0 Å².